The number of hydrogen-bond acceptors (Lipinski definition) is 2. The Kier molecular flexibility index (Phi) is 3.92. The van der Waals surface area contributed by atoms with Crippen molar-refractivity contribution in [2.24, 2.45) is 18.9 Å². The van der Waals surface area contributed by atoms with Gasteiger partial charge < -0.3 is 5.32 Å². The molecule has 0 radical (unpaired) electrons. The molecule has 1 aromatic rings. The van der Waals surface area contributed by atoms with Crippen molar-refractivity contribution in [3.8, 4) is 0 Å². The molecule has 1 saturated carbocycles. The van der Waals surface area contributed by atoms with Crippen molar-refractivity contribution >= 4 is 0 Å². The number of aryl methyl sites for hydroxylation is 1. The van der Waals surface area contributed by atoms with Crippen molar-refractivity contribution in [1.82, 2.24) is 15.1 Å². The Morgan fingerprint density at radius 3 is 3.05 bits per heavy atom. The molecule has 1 aromatic heterocycles. The summed E-state index contributed by atoms with van der Waals surface area (Å²) in [7, 11) is 2.07. The van der Waals surface area contributed by atoms with Gasteiger partial charge in [0.2, 0.25) is 0 Å². The van der Waals surface area contributed by atoms with Crippen LogP contribution in [0.2, 0.25) is 0 Å². The third kappa shape index (κ3) is 2.86. The van der Waals surface area contributed by atoms with Crippen LogP contribution in [0.3, 0.4) is 0 Å². The van der Waals surface area contributed by atoms with Crippen molar-refractivity contribution < 1.29 is 0 Å². The predicted molar refractivity (Wildman–Crippen MR) is 78.0 cm³/mol. The fraction of sp³-hybridized carbons (Fsp3) is 0.812. The van der Waals surface area contributed by atoms with Gasteiger partial charge in [-0.05, 0) is 50.5 Å². The van der Waals surface area contributed by atoms with Crippen LogP contribution >= 0.6 is 0 Å². The Labute approximate surface area is 116 Å². The van der Waals surface area contributed by atoms with Gasteiger partial charge in [0.25, 0.3) is 0 Å². The van der Waals surface area contributed by atoms with Crippen LogP contribution in [0, 0.1) is 11.8 Å². The van der Waals surface area contributed by atoms with Gasteiger partial charge in [-0.2, -0.15) is 5.10 Å². The maximum Gasteiger partial charge on any atom is 0.0540 e. The van der Waals surface area contributed by atoms with Crippen molar-refractivity contribution in [2.75, 3.05) is 6.54 Å². The maximum atomic E-state index is 4.43. The third-order valence-electron chi connectivity index (χ3n) is 5.07. The summed E-state index contributed by atoms with van der Waals surface area (Å²) in [6, 6.07) is 0.551. The van der Waals surface area contributed by atoms with E-state index in [4.69, 9.17) is 0 Å². The Hall–Kier alpha value is -0.830. The van der Waals surface area contributed by atoms with E-state index in [1.54, 1.807) is 0 Å². The second-order valence-corrected chi connectivity index (χ2v) is 6.66. The molecule has 19 heavy (non-hydrogen) atoms. The first-order chi connectivity index (χ1) is 9.24. The summed E-state index contributed by atoms with van der Waals surface area (Å²) < 4.78 is 2.06. The molecular formula is C16H27N3. The van der Waals surface area contributed by atoms with Crippen molar-refractivity contribution in [3.05, 3.63) is 17.5 Å². The molecule has 0 aliphatic heterocycles. The van der Waals surface area contributed by atoms with Crippen LogP contribution in [-0.2, 0) is 13.5 Å². The fourth-order valence-electron chi connectivity index (χ4n) is 3.97. The van der Waals surface area contributed by atoms with Gasteiger partial charge in [-0.3, -0.25) is 4.68 Å². The highest BCUT2D eigenvalue weighted by Crippen LogP contribution is 2.31. The Morgan fingerprint density at radius 2 is 2.21 bits per heavy atom. The lowest BCUT2D eigenvalue weighted by molar-refractivity contribution is 0.263. The highest BCUT2D eigenvalue weighted by Gasteiger charge is 2.25. The van der Waals surface area contributed by atoms with Crippen LogP contribution in [0.4, 0.5) is 0 Å². The van der Waals surface area contributed by atoms with E-state index in [1.807, 2.05) is 0 Å². The average molecular weight is 261 g/mol. The van der Waals surface area contributed by atoms with Crippen LogP contribution in [0.15, 0.2) is 6.20 Å². The van der Waals surface area contributed by atoms with E-state index in [-0.39, 0.29) is 0 Å². The van der Waals surface area contributed by atoms with Gasteiger partial charge in [-0.25, -0.2) is 0 Å². The number of nitrogens with one attached hydrogen (secondary N) is 1. The minimum absolute atomic E-state index is 0.551. The molecule has 3 unspecified atom stereocenters. The zero-order valence-electron chi connectivity index (χ0n) is 12.4. The molecule has 3 rings (SSSR count). The average Bonchev–Trinajstić information content (AvgIpc) is 2.79. The van der Waals surface area contributed by atoms with E-state index in [0.717, 1.165) is 11.8 Å². The summed E-state index contributed by atoms with van der Waals surface area (Å²) >= 11 is 0. The maximum absolute atomic E-state index is 4.43. The molecule has 1 heterocycles. The summed E-state index contributed by atoms with van der Waals surface area (Å²) in [5.41, 5.74) is 2.90. The largest absolute Gasteiger partial charge is 0.310 e. The first-order valence-corrected chi connectivity index (χ1v) is 7.98. The second kappa shape index (κ2) is 5.66. The molecular weight excluding hydrogens is 234 g/mol. The zero-order chi connectivity index (χ0) is 13.2. The summed E-state index contributed by atoms with van der Waals surface area (Å²) in [4.78, 5) is 0. The number of rotatable bonds is 3. The lowest BCUT2D eigenvalue weighted by Gasteiger charge is -2.30. The van der Waals surface area contributed by atoms with Crippen LogP contribution in [0.1, 0.15) is 62.7 Å². The molecule has 0 bridgehead atoms. The van der Waals surface area contributed by atoms with Crippen LogP contribution in [-0.4, -0.2) is 16.3 Å². The van der Waals surface area contributed by atoms with E-state index in [2.05, 4.69) is 35.3 Å². The zero-order valence-corrected chi connectivity index (χ0v) is 12.4. The van der Waals surface area contributed by atoms with E-state index in [1.165, 1.54) is 62.7 Å². The van der Waals surface area contributed by atoms with Gasteiger partial charge in [0, 0.05) is 24.3 Å². The minimum atomic E-state index is 0.551. The van der Waals surface area contributed by atoms with Crippen molar-refractivity contribution in [3.63, 3.8) is 0 Å². The molecule has 3 nitrogen and oxygen atoms in total. The predicted octanol–water partition coefficient (Wildman–Crippen LogP) is 3.21. The summed E-state index contributed by atoms with van der Waals surface area (Å²) in [6.07, 6.45) is 11.6. The lowest BCUT2D eigenvalue weighted by Crippen LogP contribution is -2.31. The van der Waals surface area contributed by atoms with Gasteiger partial charge >= 0.3 is 0 Å². The van der Waals surface area contributed by atoms with Crippen LogP contribution in [0.25, 0.3) is 0 Å². The van der Waals surface area contributed by atoms with E-state index in [0.29, 0.717) is 6.04 Å². The molecule has 3 atom stereocenters. The topological polar surface area (TPSA) is 29.9 Å². The smallest absolute Gasteiger partial charge is 0.0540 e. The highest BCUT2D eigenvalue weighted by atomic mass is 15.3. The molecule has 1 N–H and O–H groups in total. The summed E-state index contributed by atoms with van der Waals surface area (Å²) in [5.74, 6) is 1.83. The number of fused-ring (bicyclic) bond motifs is 1. The Bertz CT molecular complexity index is 424. The third-order valence-corrected chi connectivity index (χ3v) is 5.07. The molecule has 2 aliphatic rings. The molecule has 2 aliphatic carbocycles. The van der Waals surface area contributed by atoms with E-state index < -0.39 is 0 Å². The Morgan fingerprint density at radius 1 is 1.32 bits per heavy atom. The second-order valence-electron chi connectivity index (χ2n) is 6.66. The fourth-order valence-corrected chi connectivity index (χ4v) is 3.97. The van der Waals surface area contributed by atoms with Crippen LogP contribution < -0.4 is 5.32 Å². The Balaban J connectivity index is 1.59. The molecule has 1 fully saturated rings. The molecule has 3 heteroatoms. The number of hydrogen-bond donors (Lipinski definition) is 1. The van der Waals surface area contributed by atoms with Crippen molar-refractivity contribution in [1.29, 1.82) is 0 Å². The highest BCUT2D eigenvalue weighted by molar-refractivity contribution is 5.24. The van der Waals surface area contributed by atoms with Gasteiger partial charge in [0.05, 0.1) is 6.20 Å². The molecule has 0 amide bonds. The van der Waals surface area contributed by atoms with Gasteiger partial charge in [0.15, 0.2) is 0 Å². The first-order valence-electron chi connectivity index (χ1n) is 7.98. The minimum Gasteiger partial charge on any atom is -0.310 e. The first kappa shape index (κ1) is 13.2. The van der Waals surface area contributed by atoms with Crippen LogP contribution in [0.5, 0.6) is 0 Å². The molecule has 0 spiro atoms. The summed E-state index contributed by atoms with van der Waals surface area (Å²) in [6.45, 7) is 3.61. The van der Waals surface area contributed by atoms with Gasteiger partial charge in [-0.1, -0.05) is 19.8 Å². The normalized spacial score (nSPS) is 31.2. The number of nitrogens with zero attached hydrogens (tertiary/aromatic N) is 2. The quantitative estimate of drug-likeness (QED) is 0.905. The van der Waals surface area contributed by atoms with Gasteiger partial charge in [-0.15, -0.1) is 0 Å². The van der Waals surface area contributed by atoms with Crippen molar-refractivity contribution in [2.45, 2.75) is 57.9 Å². The van der Waals surface area contributed by atoms with E-state index in [9.17, 15) is 0 Å². The molecule has 106 valence electrons. The SMILES string of the molecule is CC1CCCC(CNC2CCCc3c2cnn3C)C1. The van der Waals surface area contributed by atoms with Gasteiger partial charge in [0.1, 0.15) is 0 Å². The molecule has 0 saturated heterocycles. The lowest BCUT2D eigenvalue weighted by atomic mass is 9.82. The molecule has 0 aromatic carbocycles. The summed E-state index contributed by atoms with van der Waals surface area (Å²) in [5, 5.41) is 8.26. The standard InChI is InChI=1S/C16H27N3/c1-12-5-3-6-13(9-12)10-17-15-7-4-8-16-14(15)11-18-19(16)2/h11-13,15,17H,3-10H2,1-2H3. The van der Waals surface area contributed by atoms with E-state index >= 15 is 0 Å². The number of aromatic nitrogens is 2. The monoisotopic (exact) mass is 261 g/mol.